The molecule has 0 aliphatic carbocycles. The number of benzene rings is 1. The molecule has 4 heteroatoms. The van der Waals surface area contributed by atoms with Gasteiger partial charge in [-0.15, -0.1) is 0 Å². The minimum Gasteiger partial charge on any atom is -0.337 e. The van der Waals surface area contributed by atoms with Crippen molar-refractivity contribution in [3.8, 4) is 11.4 Å². The Bertz CT molecular complexity index is 564. The van der Waals surface area contributed by atoms with Crippen LogP contribution in [0, 0.1) is 12.8 Å². The highest BCUT2D eigenvalue weighted by atomic mass is 16.5. The van der Waals surface area contributed by atoms with E-state index < -0.39 is 0 Å². The van der Waals surface area contributed by atoms with Gasteiger partial charge in [0.1, 0.15) is 0 Å². The second-order valence-corrected chi connectivity index (χ2v) is 5.41. The van der Waals surface area contributed by atoms with Crippen LogP contribution in [0.2, 0.25) is 0 Å². The molecular weight excluding hydrogens is 238 g/mol. The minimum absolute atomic E-state index is 0.203. The fourth-order valence-electron chi connectivity index (χ4n) is 2.61. The average molecular weight is 257 g/mol. The third-order valence-electron chi connectivity index (χ3n) is 3.79. The molecule has 2 atom stereocenters. The summed E-state index contributed by atoms with van der Waals surface area (Å²) in [5.74, 6) is 2.11. The Balaban J connectivity index is 1.85. The maximum Gasteiger partial charge on any atom is 0.244 e. The molecule has 0 amide bonds. The third kappa shape index (κ3) is 2.54. The molecule has 1 aliphatic rings. The van der Waals surface area contributed by atoms with Crippen LogP contribution in [0.4, 0.5) is 0 Å². The first-order valence-electron chi connectivity index (χ1n) is 6.87. The second-order valence-electron chi connectivity index (χ2n) is 5.41. The summed E-state index contributed by atoms with van der Waals surface area (Å²) in [5.41, 5.74) is 2.21. The molecule has 1 saturated heterocycles. The Labute approximate surface area is 113 Å². The first-order valence-corrected chi connectivity index (χ1v) is 6.87. The van der Waals surface area contributed by atoms with Crippen LogP contribution in [0.1, 0.15) is 37.3 Å². The molecule has 100 valence electrons. The molecule has 3 rings (SSSR count). The van der Waals surface area contributed by atoms with Gasteiger partial charge in [-0.2, -0.15) is 4.98 Å². The standard InChI is InChI=1S/C15H19N3O/c1-10-7-8-16-13(9-10)15-17-14(18-19-15)12-6-4-3-5-11(12)2/h3-6,10,13,16H,7-9H2,1-2H3. The SMILES string of the molecule is Cc1ccccc1-c1noc(C2CC(C)CCN2)n1. The molecule has 2 aromatic rings. The normalized spacial score (nSPS) is 23.5. The van der Waals surface area contributed by atoms with Crippen LogP contribution in [-0.2, 0) is 0 Å². The molecule has 2 unspecified atom stereocenters. The van der Waals surface area contributed by atoms with Gasteiger partial charge < -0.3 is 9.84 Å². The van der Waals surface area contributed by atoms with Gasteiger partial charge in [-0.25, -0.2) is 0 Å². The Hall–Kier alpha value is -1.68. The van der Waals surface area contributed by atoms with Gasteiger partial charge in [-0.1, -0.05) is 36.3 Å². The van der Waals surface area contributed by atoms with Gasteiger partial charge in [0.15, 0.2) is 0 Å². The quantitative estimate of drug-likeness (QED) is 0.898. The summed E-state index contributed by atoms with van der Waals surface area (Å²) in [6.07, 6.45) is 2.28. The van der Waals surface area contributed by atoms with Crippen molar-refractivity contribution in [2.45, 2.75) is 32.7 Å². The Kier molecular flexibility index (Phi) is 3.34. The second kappa shape index (κ2) is 5.13. The van der Waals surface area contributed by atoms with Crippen molar-refractivity contribution in [2.24, 2.45) is 5.92 Å². The lowest BCUT2D eigenvalue weighted by molar-refractivity contribution is 0.260. The zero-order chi connectivity index (χ0) is 13.2. The lowest BCUT2D eigenvalue weighted by atomic mass is 9.94. The van der Waals surface area contributed by atoms with Crippen LogP contribution >= 0.6 is 0 Å². The topological polar surface area (TPSA) is 51.0 Å². The van der Waals surface area contributed by atoms with Crippen LogP contribution in [-0.4, -0.2) is 16.7 Å². The Morgan fingerprint density at radius 1 is 1.32 bits per heavy atom. The fourth-order valence-corrected chi connectivity index (χ4v) is 2.61. The lowest BCUT2D eigenvalue weighted by Gasteiger charge is -2.25. The van der Waals surface area contributed by atoms with E-state index in [1.54, 1.807) is 0 Å². The van der Waals surface area contributed by atoms with Crippen molar-refractivity contribution >= 4 is 0 Å². The molecule has 0 bridgehead atoms. The number of aromatic nitrogens is 2. The predicted octanol–water partition coefficient (Wildman–Crippen LogP) is 3.11. The molecule has 4 nitrogen and oxygen atoms in total. The monoisotopic (exact) mass is 257 g/mol. The number of rotatable bonds is 2. The fraction of sp³-hybridized carbons (Fsp3) is 0.467. The summed E-state index contributed by atoms with van der Waals surface area (Å²) in [7, 11) is 0. The number of nitrogens with zero attached hydrogens (tertiary/aromatic N) is 2. The lowest BCUT2D eigenvalue weighted by Crippen LogP contribution is -2.30. The maximum absolute atomic E-state index is 5.44. The summed E-state index contributed by atoms with van der Waals surface area (Å²) in [4.78, 5) is 4.56. The molecule has 1 N–H and O–H groups in total. The van der Waals surface area contributed by atoms with Gasteiger partial charge in [0.05, 0.1) is 6.04 Å². The first kappa shape index (κ1) is 12.4. The third-order valence-corrected chi connectivity index (χ3v) is 3.79. The van der Waals surface area contributed by atoms with Crippen molar-refractivity contribution in [3.63, 3.8) is 0 Å². The van der Waals surface area contributed by atoms with E-state index in [9.17, 15) is 0 Å². The molecule has 0 radical (unpaired) electrons. The number of piperidine rings is 1. The summed E-state index contributed by atoms with van der Waals surface area (Å²) in [5, 5.41) is 7.57. The van der Waals surface area contributed by atoms with E-state index in [1.165, 1.54) is 12.0 Å². The van der Waals surface area contributed by atoms with Gasteiger partial charge in [-0.05, 0) is 37.8 Å². The molecule has 1 aliphatic heterocycles. The van der Waals surface area contributed by atoms with Gasteiger partial charge in [0, 0.05) is 5.56 Å². The van der Waals surface area contributed by atoms with E-state index in [2.05, 4.69) is 35.4 Å². The number of nitrogens with one attached hydrogen (secondary N) is 1. The molecule has 0 saturated carbocycles. The van der Waals surface area contributed by atoms with Crippen molar-refractivity contribution in [2.75, 3.05) is 6.54 Å². The van der Waals surface area contributed by atoms with E-state index in [-0.39, 0.29) is 6.04 Å². The van der Waals surface area contributed by atoms with Crippen LogP contribution < -0.4 is 5.32 Å². The summed E-state index contributed by atoms with van der Waals surface area (Å²) in [6.45, 7) is 5.35. The van der Waals surface area contributed by atoms with E-state index in [1.807, 2.05) is 18.2 Å². The van der Waals surface area contributed by atoms with E-state index >= 15 is 0 Å². The Morgan fingerprint density at radius 3 is 2.95 bits per heavy atom. The molecule has 1 aromatic heterocycles. The zero-order valence-electron chi connectivity index (χ0n) is 11.4. The van der Waals surface area contributed by atoms with Crippen LogP contribution in [0.3, 0.4) is 0 Å². The largest absolute Gasteiger partial charge is 0.337 e. The summed E-state index contributed by atoms with van der Waals surface area (Å²) in [6, 6.07) is 8.31. The number of aryl methyl sites for hydroxylation is 1. The van der Waals surface area contributed by atoms with E-state index in [4.69, 9.17) is 4.52 Å². The van der Waals surface area contributed by atoms with Crippen LogP contribution in [0.5, 0.6) is 0 Å². The predicted molar refractivity (Wildman–Crippen MR) is 73.6 cm³/mol. The molecule has 19 heavy (non-hydrogen) atoms. The van der Waals surface area contributed by atoms with Gasteiger partial charge in [-0.3, -0.25) is 0 Å². The highest BCUT2D eigenvalue weighted by molar-refractivity contribution is 5.58. The number of hydrogen-bond donors (Lipinski definition) is 1. The van der Waals surface area contributed by atoms with Crippen LogP contribution in [0.25, 0.3) is 11.4 Å². The Morgan fingerprint density at radius 2 is 2.16 bits per heavy atom. The average Bonchev–Trinajstić information content (AvgIpc) is 2.89. The molecule has 1 fully saturated rings. The number of hydrogen-bond acceptors (Lipinski definition) is 4. The summed E-state index contributed by atoms with van der Waals surface area (Å²) >= 11 is 0. The van der Waals surface area contributed by atoms with Gasteiger partial charge >= 0.3 is 0 Å². The zero-order valence-corrected chi connectivity index (χ0v) is 11.4. The molecular formula is C15H19N3O. The minimum atomic E-state index is 0.203. The van der Waals surface area contributed by atoms with E-state index in [0.717, 1.165) is 18.5 Å². The highest BCUT2D eigenvalue weighted by Crippen LogP contribution is 2.28. The molecule has 1 aromatic carbocycles. The smallest absolute Gasteiger partial charge is 0.244 e. The van der Waals surface area contributed by atoms with Crippen molar-refractivity contribution in [1.29, 1.82) is 0 Å². The van der Waals surface area contributed by atoms with Gasteiger partial charge in [0.25, 0.3) is 0 Å². The van der Waals surface area contributed by atoms with Crippen molar-refractivity contribution in [3.05, 3.63) is 35.7 Å². The van der Waals surface area contributed by atoms with Crippen molar-refractivity contribution in [1.82, 2.24) is 15.5 Å². The van der Waals surface area contributed by atoms with Gasteiger partial charge in [0.2, 0.25) is 11.7 Å². The van der Waals surface area contributed by atoms with Crippen LogP contribution in [0.15, 0.2) is 28.8 Å². The summed E-state index contributed by atoms with van der Waals surface area (Å²) < 4.78 is 5.44. The van der Waals surface area contributed by atoms with Crippen molar-refractivity contribution < 1.29 is 4.52 Å². The highest BCUT2D eigenvalue weighted by Gasteiger charge is 2.25. The molecule has 0 spiro atoms. The first-order chi connectivity index (χ1) is 9.24. The molecule has 2 heterocycles. The van der Waals surface area contributed by atoms with E-state index in [0.29, 0.717) is 17.6 Å². The maximum atomic E-state index is 5.44.